The van der Waals surface area contributed by atoms with Gasteiger partial charge in [0.15, 0.2) is 5.82 Å². The highest BCUT2D eigenvalue weighted by Crippen LogP contribution is 2.24. The smallest absolute Gasteiger partial charge is 0.227 e. The number of nitrogen functional groups attached to an aromatic ring is 1. The van der Waals surface area contributed by atoms with Gasteiger partial charge in [-0.3, -0.25) is 9.78 Å². The fourth-order valence-electron chi connectivity index (χ4n) is 2.62. The van der Waals surface area contributed by atoms with Crippen LogP contribution in [0.4, 0.5) is 5.82 Å². The third kappa shape index (κ3) is 4.11. The molecule has 0 spiro atoms. The lowest BCUT2D eigenvalue weighted by Crippen LogP contribution is -2.42. The molecule has 3 rings (SSSR count). The number of ether oxygens (including phenoxy) is 1. The van der Waals surface area contributed by atoms with Gasteiger partial charge in [0.05, 0.1) is 13.2 Å². The van der Waals surface area contributed by atoms with Crippen molar-refractivity contribution in [3.63, 3.8) is 0 Å². The molecule has 1 atom stereocenters. The molecule has 1 amide bonds. The van der Waals surface area contributed by atoms with E-state index in [0.717, 1.165) is 0 Å². The monoisotopic (exact) mass is 346 g/mol. The van der Waals surface area contributed by atoms with E-state index in [9.17, 15) is 4.79 Å². The van der Waals surface area contributed by atoms with Crippen molar-refractivity contribution < 1.29 is 14.1 Å². The fraction of sp³-hybridized carbons (Fsp3) is 0.562. The van der Waals surface area contributed by atoms with Crippen molar-refractivity contribution in [2.24, 2.45) is 0 Å². The average molecular weight is 346 g/mol. The summed E-state index contributed by atoms with van der Waals surface area (Å²) in [5.41, 5.74) is 6.42. The maximum atomic E-state index is 12.5. The second kappa shape index (κ2) is 7.56. The Morgan fingerprint density at radius 3 is 2.92 bits per heavy atom. The zero-order valence-corrected chi connectivity index (χ0v) is 14.4. The highest BCUT2D eigenvalue weighted by Gasteiger charge is 2.28. The summed E-state index contributed by atoms with van der Waals surface area (Å²) in [4.78, 5) is 26.8. The van der Waals surface area contributed by atoms with E-state index < -0.39 is 0 Å². The van der Waals surface area contributed by atoms with Crippen molar-refractivity contribution >= 4 is 11.7 Å². The number of carbonyl (C=O) groups excluding carboxylic acids is 1. The van der Waals surface area contributed by atoms with Crippen LogP contribution in [0, 0.1) is 0 Å². The number of aromatic nitrogens is 4. The molecule has 2 N–H and O–H groups in total. The predicted octanol–water partition coefficient (Wildman–Crippen LogP) is 1.10. The number of hydrogen-bond acceptors (Lipinski definition) is 8. The first kappa shape index (κ1) is 17.3. The van der Waals surface area contributed by atoms with Gasteiger partial charge in [0.1, 0.15) is 17.6 Å². The van der Waals surface area contributed by atoms with Gasteiger partial charge in [0.2, 0.25) is 11.8 Å². The van der Waals surface area contributed by atoms with E-state index in [0.29, 0.717) is 55.8 Å². The normalized spacial score (nSPS) is 17.9. The van der Waals surface area contributed by atoms with Gasteiger partial charge in [0.25, 0.3) is 0 Å². The van der Waals surface area contributed by atoms with Crippen LogP contribution >= 0.6 is 0 Å². The van der Waals surface area contributed by atoms with Crippen LogP contribution in [0.5, 0.6) is 0 Å². The van der Waals surface area contributed by atoms with Crippen LogP contribution < -0.4 is 5.73 Å². The number of hydrogen-bond donors (Lipinski definition) is 1. The Morgan fingerprint density at radius 1 is 1.40 bits per heavy atom. The number of carbonyl (C=O) groups is 1. The Kier molecular flexibility index (Phi) is 5.22. The molecule has 1 aliphatic rings. The summed E-state index contributed by atoms with van der Waals surface area (Å²) in [5.74, 6) is 1.69. The number of anilines is 1. The lowest BCUT2D eigenvalue weighted by molar-refractivity contribution is -0.139. The summed E-state index contributed by atoms with van der Waals surface area (Å²) >= 11 is 0. The van der Waals surface area contributed by atoms with Gasteiger partial charge in [-0.25, -0.2) is 4.98 Å². The van der Waals surface area contributed by atoms with Crippen LogP contribution in [-0.2, 0) is 16.0 Å². The Bertz CT molecular complexity index is 732. The molecule has 2 aromatic heterocycles. The van der Waals surface area contributed by atoms with Crippen molar-refractivity contribution in [1.29, 1.82) is 0 Å². The second-order valence-electron chi connectivity index (χ2n) is 6.23. The topological polar surface area (TPSA) is 120 Å². The van der Waals surface area contributed by atoms with Gasteiger partial charge < -0.3 is 19.9 Å². The fourth-order valence-corrected chi connectivity index (χ4v) is 2.62. The lowest BCUT2D eigenvalue weighted by atomic mass is 10.1. The molecule has 3 heterocycles. The van der Waals surface area contributed by atoms with Crippen LogP contribution in [0.3, 0.4) is 0 Å². The number of nitrogens with zero attached hydrogens (tertiary/aromatic N) is 5. The lowest BCUT2D eigenvalue weighted by Gasteiger charge is -2.32. The Balaban J connectivity index is 1.57. The van der Waals surface area contributed by atoms with E-state index in [1.54, 1.807) is 11.1 Å². The SMILES string of the molecule is CC(C)c1noc(CCC(=O)N2CCO[C@H](c3nccnc3N)C2)n1. The zero-order chi connectivity index (χ0) is 17.8. The Labute approximate surface area is 145 Å². The van der Waals surface area contributed by atoms with Crippen LogP contribution in [0.1, 0.15) is 49.7 Å². The molecule has 0 aliphatic carbocycles. The second-order valence-corrected chi connectivity index (χ2v) is 6.23. The van der Waals surface area contributed by atoms with Gasteiger partial charge in [-0.2, -0.15) is 4.98 Å². The molecule has 0 aromatic carbocycles. The molecule has 0 radical (unpaired) electrons. The minimum Gasteiger partial charge on any atom is -0.382 e. The molecule has 1 aliphatic heterocycles. The summed E-state index contributed by atoms with van der Waals surface area (Å²) in [5, 5.41) is 3.91. The standard InChI is InChI=1S/C16H22N6O3/c1-10(2)16-20-12(25-21-16)3-4-13(23)22-7-8-24-11(9-22)14-15(17)19-6-5-18-14/h5-6,10-11H,3-4,7-9H2,1-2H3,(H2,17,19)/t11-/m0/s1. The third-order valence-electron chi connectivity index (χ3n) is 4.03. The van der Waals surface area contributed by atoms with E-state index in [1.807, 2.05) is 13.8 Å². The largest absolute Gasteiger partial charge is 0.382 e. The molecule has 0 saturated carbocycles. The van der Waals surface area contributed by atoms with Crippen molar-refractivity contribution in [3.8, 4) is 0 Å². The number of aryl methyl sites for hydroxylation is 1. The van der Waals surface area contributed by atoms with Gasteiger partial charge in [-0.15, -0.1) is 0 Å². The number of rotatable bonds is 5. The summed E-state index contributed by atoms with van der Waals surface area (Å²) in [7, 11) is 0. The van der Waals surface area contributed by atoms with Crippen LogP contribution in [0.25, 0.3) is 0 Å². The van der Waals surface area contributed by atoms with Crippen LogP contribution in [0.15, 0.2) is 16.9 Å². The molecule has 0 bridgehead atoms. The zero-order valence-electron chi connectivity index (χ0n) is 14.4. The Hall–Kier alpha value is -2.55. The molecule has 9 nitrogen and oxygen atoms in total. The molecule has 134 valence electrons. The molecule has 2 aromatic rings. The molecule has 1 saturated heterocycles. The van der Waals surface area contributed by atoms with E-state index in [-0.39, 0.29) is 17.9 Å². The minimum atomic E-state index is -0.359. The maximum absolute atomic E-state index is 12.5. The molecular weight excluding hydrogens is 324 g/mol. The number of nitrogens with two attached hydrogens (primary N) is 1. The van der Waals surface area contributed by atoms with E-state index >= 15 is 0 Å². The highest BCUT2D eigenvalue weighted by molar-refractivity contribution is 5.76. The summed E-state index contributed by atoms with van der Waals surface area (Å²) in [6.45, 7) is 5.36. The average Bonchev–Trinajstić information content (AvgIpc) is 3.09. The van der Waals surface area contributed by atoms with Crippen LogP contribution in [-0.4, -0.2) is 50.6 Å². The Morgan fingerprint density at radius 2 is 2.20 bits per heavy atom. The first-order valence-electron chi connectivity index (χ1n) is 8.33. The minimum absolute atomic E-state index is 0.0139. The van der Waals surface area contributed by atoms with Crippen molar-refractivity contribution in [2.75, 3.05) is 25.4 Å². The molecule has 1 fully saturated rings. The van der Waals surface area contributed by atoms with Crippen molar-refractivity contribution in [3.05, 3.63) is 29.8 Å². The van der Waals surface area contributed by atoms with Gasteiger partial charge in [-0.1, -0.05) is 19.0 Å². The van der Waals surface area contributed by atoms with E-state index in [4.69, 9.17) is 15.0 Å². The number of amides is 1. The summed E-state index contributed by atoms with van der Waals surface area (Å²) in [6.07, 6.45) is 3.47. The van der Waals surface area contributed by atoms with E-state index in [1.165, 1.54) is 6.20 Å². The van der Waals surface area contributed by atoms with Gasteiger partial charge in [-0.05, 0) is 0 Å². The van der Waals surface area contributed by atoms with Gasteiger partial charge >= 0.3 is 0 Å². The molecule has 0 unspecified atom stereocenters. The quantitative estimate of drug-likeness (QED) is 0.854. The molecular formula is C16H22N6O3. The summed E-state index contributed by atoms with van der Waals surface area (Å²) < 4.78 is 10.9. The van der Waals surface area contributed by atoms with E-state index in [2.05, 4.69) is 20.1 Å². The predicted molar refractivity (Wildman–Crippen MR) is 88.4 cm³/mol. The highest BCUT2D eigenvalue weighted by atomic mass is 16.5. The van der Waals surface area contributed by atoms with Crippen LogP contribution in [0.2, 0.25) is 0 Å². The molecule has 25 heavy (non-hydrogen) atoms. The first-order valence-corrected chi connectivity index (χ1v) is 8.33. The third-order valence-corrected chi connectivity index (χ3v) is 4.03. The van der Waals surface area contributed by atoms with Crippen molar-refractivity contribution in [2.45, 2.75) is 38.7 Å². The first-order chi connectivity index (χ1) is 12.0. The van der Waals surface area contributed by atoms with Crippen molar-refractivity contribution in [1.82, 2.24) is 25.0 Å². The molecule has 9 heteroatoms. The van der Waals surface area contributed by atoms with Gasteiger partial charge in [0, 0.05) is 37.7 Å². The maximum Gasteiger partial charge on any atom is 0.227 e. The summed E-state index contributed by atoms with van der Waals surface area (Å²) in [6, 6.07) is 0. The number of morpholine rings is 1.